The fourth-order valence-electron chi connectivity index (χ4n) is 3.09. The Balaban J connectivity index is 1.77. The lowest BCUT2D eigenvalue weighted by molar-refractivity contribution is -0.144. The maximum absolute atomic E-state index is 11.6. The van der Waals surface area contributed by atoms with Gasteiger partial charge in [0.1, 0.15) is 0 Å². The van der Waals surface area contributed by atoms with Gasteiger partial charge >= 0.3 is 5.97 Å². The molecule has 0 atom stereocenters. The molecule has 2 N–H and O–H groups in total. The summed E-state index contributed by atoms with van der Waals surface area (Å²) in [6.07, 6.45) is 9.41. The van der Waals surface area contributed by atoms with Crippen LogP contribution in [-0.4, -0.2) is 35.5 Å². The lowest BCUT2D eigenvalue weighted by Gasteiger charge is -2.28. The Kier molecular flexibility index (Phi) is 4.76. The monoisotopic (exact) mass is 313 g/mol. The highest BCUT2D eigenvalue weighted by molar-refractivity contribution is 5.79. The summed E-state index contributed by atoms with van der Waals surface area (Å²) in [5.41, 5.74) is 11.1. The molecule has 0 fully saturated rings. The summed E-state index contributed by atoms with van der Waals surface area (Å²) < 4.78 is 5.02. The molecule has 122 valence electrons. The second-order valence-electron chi connectivity index (χ2n) is 5.94. The third-order valence-electron chi connectivity index (χ3n) is 4.21. The lowest BCUT2D eigenvalue weighted by atomic mass is 9.99. The van der Waals surface area contributed by atoms with E-state index >= 15 is 0 Å². The number of hydrogen-bond donors (Lipinski definition) is 1. The normalized spacial score (nSPS) is 17.5. The van der Waals surface area contributed by atoms with Crippen LogP contribution < -0.4 is 5.73 Å². The van der Waals surface area contributed by atoms with Crippen molar-refractivity contribution in [1.29, 1.82) is 0 Å². The minimum Gasteiger partial charge on any atom is -0.465 e. The first-order valence-electron chi connectivity index (χ1n) is 8.20. The van der Waals surface area contributed by atoms with Crippen LogP contribution in [0.2, 0.25) is 0 Å². The molecule has 1 aliphatic carbocycles. The number of nitrogens with zero attached hydrogens (tertiary/aromatic N) is 2. The minimum absolute atomic E-state index is 0.175. The van der Waals surface area contributed by atoms with E-state index in [1.54, 1.807) is 0 Å². The second-order valence-corrected chi connectivity index (χ2v) is 5.94. The molecule has 2 heterocycles. The highest BCUT2D eigenvalue weighted by Gasteiger charge is 2.22. The Morgan fingerprint density at radius 2 is 2.30 bits per heavy atom. The molecule has 5 heteroatoms. The number of aromatic nitrogens is 1. The Morgan fingerprint density at radius 1 is 1.43 bits per heavy atom. The second kappa shape index (κ2) is 6.96. The van der Waals surface area contributed by atoms with Crippen molar-refractivity contribution in [2.75, 3.05) is 25.4 Å². The van der Waals surface area contributed by atoms with E-state index in [2.05, 4.69) is 23.1 Å². The van der Waals surface area contributed by atoms with E-state index in [1.807, 2.05) is 13.0 Å². The topological polar surface area (TPSA) is 68.5 Å². The van der Waals surface area contributed by atoms with Crippen LogP contribution in [0.1, 0.15) is 36.7 Å². The SMILES string of the molecule is CCOC(=O)CN1CCc2nc(C3=CCCC=C3)c(N)cc2C1. The molecule has 0 saturated heterocycles. The van der Waals surface area contributed by atoms with Crippen LogP contribution in [0, 0.1) is 0 Å². The summed E-state index contributed by atoms with van der Waals surface area (Å²) in [6.45, 7) is 4.08. The Bertz CT molecular complexity index is 664. The first-order chi connectivity index (χ1) is 11.2. The average molecular weight is 313 g/mol. The lowest BCUT2D eigenvalue weighted by Crippen LogP contribution is -2.36. The number of esters is 1. The van der Waals surface area contributed by atoms with Gasteiger partial charge in [-0.2, -0.15) is 0 Å². The molecule has 0 amide bonds. The number of fused-ring (bicyclic) bond motifs is 1. The summed E-state index contributed by atoms with van der Waals surface area (Å²) in [6, 6.07) is 2.01. The van der Waals surface area contributed by atoms with E-state index in [1.165, 1.54) is 0 Å². The largest absolute Gasteiger partial charge is 0.465 e. The molecular formula is C18H23N3O2. The number of ether oxygens (including phenoxy) is 1. The van der Waals surface area contributed by atoms with Gasteiger partial charge in [-0.25, -0.2) is 0 Å². The van der Waals surface area contributed by atoms with Gasteiger partial charge in [0.25, 0.3) is 0 Å². The number of carbonyl (C=O) groups is 1. The summed E-state index contributed by atoms with van der Waals surface area (Å²) in [5, 5.41) is 0. The maximum atomic E-state index is 11.6. The number of nitrogens with two attached hydrogens (primary N) is 1. The van der Waals surface area contributed by atoms with E-state index in [4.69, 9.17) is 15.5 Å². The quantitative estimate of drug-likeness (QED) is 0.864. The van der Waals surface area contributed by atoms with Crippen LogP contribution in [-0.2, 0) is 22.5 Å². The highest BCUT2D eigenvalue weighted by Crippen LogP contribution is 2.28. The first kappa shape index (κ1) is 15.7. The predicted molar refractivity (Wildman–Crippen MR) is 90.6 cm³/mol. The molecule has 1 aliphatic heterocycles. The summed E-state index contributed by atoms with van der Waals surface area (Å²) >= 11 is 0. The van der Waals surface area contributed by atoms with Gasteiger partial charge in [-0.1, -0.05) is 18.2 Å². The zero-order valence-corrected chi connectivity index (χ0v) is 13.5. The van der Waals surface area contributed by atoms with Gasteiger partial charge in [-0.05, 0) is 37.0 Å². The van der Waals surface area contributed by atoms with E-state index < -0.39 is 0 Å². The van der Waals surface area contributed by atoms with E-state index in [-0.39, 0.29) is 5.97 Å². The molecule has 0 saturated carbocycles. The number of allylic oxidation sites excluding steroid dienone is 4. The van der Waals surface area contributed by atoms with Crippen LogP contribution >= 0.6 is 0 Å². The molecule has 1 aromatic heterocycles. The zero-order chi connectivity index (χ0) is 16.2. The van der Waals surface area contributed by atoms with E-state index in [9.17, 15) is 4.79 Å². The molecular weight excluding hydrogens is 290 g/mol. The number of rotatable bonds is 4. The van der Waals surface area contributed by atoms with Crippen molar-refractivity contribution in [3.05, 3.63) is 41.2 Å². The zero-order valence-electron chi connectivity index (χ0n) is 13.5. The van der Waals surface area contributed by atoms with Crippen molar-refractivity contribution in [1.82, 2.24) is 9.88 Å². The number of hydrogen-bond acceptors (Lipinski definition) is 5. The summed E-state index contributed by atoms with van der Waals surface area (Å²) in [5.74, 6) is -0.175. The summed E-state index contributed by atoms with van der Waals surface area (Å²) in [4.78, 5) is 18.5. The molecule has 0 bridgehead atoms. The van der Waals surface area contributed by atoms with Crippen molar-refractivity contribution in [2.45, 2.75) is 32.7 Å². The van der Waals surface area contributed by atoms with Crippen molar-refractivity contribution >= 4 is 17.2 Å². The van der Waals surface area contributed by atoms with Gasteiger partial charge in [0.2, 0.25) is 0 Å². The standard InChI is InChI=1S/C18H23N3O2/c1-2-23-17(22)12-21-9-8-16-14(11-21)10-15(19)18(20-16)13-6-4-3-5-7-13/h4,6-7,10H,2-3,5,8-9,11-12,19H2,1H3. The van der Waals surface area contributed by atoms with Gasteiger partial charge in [0.05, 0.1) is 24.5 Å². The Morgan fingerprint density at radius 3 is 3.04 bits per heavy atom. The molecule has 2 aliphatic rings. The number of nitrogen functional groups attached to an aromatic ring is 1. The minimum atomic E-state index is -0.175. The van der Waals surface area contributed by atoms with Crippen LogP contribution in [0.5, 0.6) is 0 Å². The fourth-order valence-corrected chi connectivity index (χ4v) is 3.09. The number of carbonyl (C=O) groups excluding carboxylic acids is 1. The molecule has 3 rings (SSSR count). The van der Waals surface area contributed by atoms with Gasteiger partial charge in [-0.15, -0.1) is 0 Å². The van der Waals surface area contributed by atoms with E-state index in [0.717, 1.165) is 48.3 Å². The van der Waals surface area contributed by atoms with Gasteiger partial charge in [0, 0.05) is 25.2 Å². The van der Waals surface area contributed by atoms with Gasteiger partial charge in [-0.3, -0.25) is 14.7 Å². The third-order valence-corrected chi connectivity index (χ3v) is 4.21. The molecule has 23 heavy (non-hydrogen) atoms. The molecule has 5 nitrogen and oxygen atoms in total. The molecule has 0 spiro atoms. The maximum Gasteiger partial charge on any atom is 0.320 e. The number of pyridine rings is 1. The van der Waals surface area contributed by atoms with Crippen LogP contribution in [0.4, 0.5) is 5.69 Å². The Hall–Kier alpha value is -2.14. The average Bonchev–Trinajstić information content (AvgIpc) is 2.55. The van der Waals surface area contributed by atoms with Crippen molar-refractivity contribution in [3.8, 4) is 0 Å². The highest BCUT2D eigenvalue weighted by atomic mass is 16.5. The van der Waals surface area contributed by atoms with Crippen LogP contribution in [0.25, 0.3) is 5.57 Å². The van der Waals surface area contributed by atoms with Crippen molar-refractivity contribution in [2.24, 2.45) is 0 Å². The molecule has 0 unspecified atom stereocenters. The van der Waals surface area contributed by atoms with Crippen LogP contribution in [0.3, 0.4) is 0 Å². The number of anilines is 1. The predicted octanol–water partition coefficient (Wildman–Crippen LogP) is 2.32. The molecule has 0 radical (unpaired) electrons. The van der Waals surface area contributed by atoms with Crippen molar-refractivity contribution in [3.63, 3.8) is 0 Å². The van der Waals surface area contributed by atoms with E-state index in [0.29, 0.717) is 25.4 Å². The van der Waals surface area contributed by atoms with Gasteiger partial charge in [0.15, 0.2) is 0 Å². The van der Waals surface area contributed by atoms with Crippen molar-refractivity contribution < 1.29 is 9.53 Å². The first-order valence-corrected chi connectivity index (χ1v) is 8.20. The van der Waals surface area contributed by atoms with Crippen LogP contribution in [0.15, 0.2) is 24.3 Å². The summed E-state index contributed by atoms with van der Waals surface area (Å²) in [7, 11) is 0. The fraction of sp³-hybridized carbons (Fsp3) is 0.444. The van der Waals surface area contributed by atoms with Gasteiger partial charge < -0.3 is 10.5 Å². The Labute approximate surface area is 136 Å². The molecule has 0 aromatic carbocycles. The molecule has 1 aromatic rings. The third kappa shape index (κ3) is 3.62. The smallest absolute Gasteiger partial charge is 0.320 e.